The van der Waals surface area contributed by atoms with E-state index in [-0.39, 0.29) is 12.6 Å². The predicted molar refractivity (Wildman–Crippen MR) is 52.2 cm³/mol. The molecule has 1 saturated heterocycles. The van der Waals surface area contributed by atoms with Crippen molar-refractivity contribution in [2.75, 3.05) is 19.6 Å². The average molecular weight is 221 g/mol. The molecule has 0 aromatic carbocycles. The number of nitrogens with zero attached hydrogens (tertiary/aromatic N) is 1. The number of primary sulfonamides is 1. The fourth-order valence-corrected chi connectivity index (χ4v) is 2.27. The van der Waals surface area contributed by atoms with E-state index < -0.39 is 15.3 Å². The number of hydrogen-bond acceptors (Lipinski definition) is 3. The number of nitrogens with two attached hydrogens (primary N) is 1. The highest BCUT2D eigenvalue weighted by Crippen LogP contribution is 2.14. The number of likely N-dealkylation sites (tertiary alicyclic amines) is 1. The smallest absolute Gasteiger partial charge is 0.317 e. The topological polar surface area (TPSA) is 92.5 Å². The molecule has 1 rings (SSSR count). The van der Waals surface area contributed by atoms with E-state index in [1.807, 2.05) is 6.92 Å². The van der Waals surface area contributed by atoms with Crippen LogP contribution in [0.5, 0.6) is 0 Å². The molecule has 2 amide bonds. The number of sulfonamides is 1. The summed E-state index contributed by atoms with van der Waals surface area (Å²) >= 11 is 0. The van der Waals surface area contributed by atoms with E-state index in [0.717, 1.165) is 0 Å². The average Bonchev–Trinajstić information content (AvgIpc) is 2.51. The summed E-state index contributed by atoms with van der Waals surface area (Å²) in [5.74, 6) is 0. The maximum absolute atomic E-state index is 11.3. The molecule has 1 unspecified atom stereocenters. The maximum Gasteiger partial charge on any atom is 0.317 e. The standard InChI is InChI=1S/C7H15N3O3S/c1-2-9-7(11)10-4-3-6(5-10)14(8,12)13/h6H,2-5H2,1H3,(H,9,11)(H2,8,12,13). The van der Waals surface area contributed by atoms with Gasteiger partial charge in [-0.1, -0.05) is 0 Å². The van der Waals surface area contributed by atoms with Crippen molar-refractivity contribution in [3.63, 3.8) is 0 Å². The highest BCUT2D eigenvalue weighted by Gasteiger charge is 2.32. The number of rotatable bonds is 2. The fraction of sp³-hybridized carbons (Fsp3) is 0.857. The van der Waals surface area contributed by atoms with Gasteiger partial charge in [0, 0.05) is 19.6 Å². The molecule has 0 saturated carbocycles. The van der Waals surface area contributed by atoms with E-state index in [2.05, 4.69) is 5.32 Å². The predicted octanol–water partition coefficient (Wildman–Crippen LogP) is -0.921. The lowest BCUT2D eigenvalue weighted by atomic mass is 10.4. The molecule has 6 nitrogen and oxygen atoms in total. The van der Waals surface area contributed by atoms with Crippen LogP contribution in [-0.2, 0) is 10.0 Å². The van der Waals surface area contributed by atoms with Crippen LogP contribution in [0.4, 0.5) is 4.79 Å². The van der Waals surface area contributed by atoms with Crippen molar-refractivity contribution >= 4 is 16.1 Å². The van der Waals surface area contributed by atoms with Crippen LogP contribution in [-0.4, -0.2) is 44.2 Å². The van der Waals surface area contributed by atoms with Crippen molar-refractivity contribution < 1.29 is 13.2 Å². The number of urea groups is 1. The van der Waals surface area contributed by atoms with Crippen LogP contribution < -0.4 is 10.5 Å². The molecule has 0 bridgehead atoms. The Kier molecular flexibility index (Phi) is 3.33. The zero-order valence-electron chi connectivity index (χ0n) is 8.06. The molecule has 1 heterocycles. The maximum atomic E-state index is 11.3. The zero-order valence-corrected chi connectivity index (χ0v) is 8.88. The first-order chi connectivity index (χ1) is 6.45. The minimum atomic E-state index is -3.51. The summed E-state index contributed by atoms with van der Waals surface area (Å²) in [5.41, 5.74) is 0. The lowest BCUT2D eigenvalue weighted by Gasteiger charge is -2.15. The van der Waals surface area contributed by atoms with E-state index in [4.69, 9.17) is 5.14 Å². The first-order valence-corrected chi connectivity index (χ1v) is 6.10. The Morgan fingerprint density at radius 2 is 2.29 bits per heavy atom. The van der Waals surface area contributed by atoms with E-state index in [1.165, 1.54) is 4.90 Å². The second-order valence-electron chi connectivity index (χ2n) is 3.28. The summed E-state index contributed by atoms with van der Waals surface area (Å²) in [6, 6.07) is -0.223. The normalized spacial score (nSPS) is 22.4. The van der Waals surface area contributed by atoms with Gasteiger partial charge in [-0.2, -0.15) is 0 Å². The first kappa shape index (κ1) is 11.3. The zero-order chi connectivity index (χ0) is 10.8. The summed E-state index contributed by atoms with van der Waals surface area (Å²) in [6.45, 7) is 3.00. The summed E-state index contributed by atoms with van der Waals surface area (Å²) < 4.78 is 22.0. The van der Waals surface area contributed by atoms with Crippen LogP contribution in [0.25, 0.3) is 0 Å². The number of hydrogen-bond donors (Lipinski definition) is 2. The SMILES string of the molecule is CCNC(=O)N1CCC(S(N)(=O)=O)C1. The summed E-state index contributed by atoms with van der Waals surface area (Å²) in [7, 11) is -3.51. The van der Waals surface area contributed by atoms with Crippen LogP contribution >= 0.6 is 0 Å². The Balaban J connectivity index is 2.54. The quantitative estimate of drug-likeness (QED) is 0.631. The van der Waals surface area contributed by atoms with Gasteiger partial charge in [0.1, 0.15) is 0 Å². The van der Waals surface area contributed by atoms with Crippen LogP contribution in [0.1, 0.15) is 13.3 Å². The monoisotopic (exact) mass is 221 g/mol. The summed E-state index contributed by atoms with van der Waals surface area (Å²) in [4.78, 5) is 12.8. The van der Waals surface area contributed by atoms with Crippen molar-refractivity contribution in [3.05, 3.63) is 0 Å². The fourth-order valence-electron chi connectivity index (χ4n) is 1.44. The third-order valence-electron chi connectivity index (χ3n) is 2.22. The van der Waals surface area contributed by atoms with Crippen molar-refractivity contribution in [1.82, 2.24) is 10.2 Å². The molecule has 0 aromatic rings. The molecule has 7 heteroatoms. The molecular formula is C7H15N3O3S. The molecule has 0 aromatic heterocycles. The van der Waals surface area contributed by atoms with Crippen LogP contribution in [0.15, 0.2) is 0 Å². The number of carbonyl (C=O) groups excluding carboxylic acids is 1. The minimum Gasteiger partial charge on any atom is -0.338 e. The molecule has 0 radical (unpaired) electrons. The van der Waals surface area contributed by atoms with Gasteiger partial charge in [0.25, 0.3) is 0 Å². The molecule has 0 spiro atoms. The van der Waals surface area contributed by atoms with Crippen molar-refractivity contribution in [1.29, 1.82) is 0 Å². The van der Waals surface area contributed by atoms with Crippen LogP contribution in [0, 0.1) is 0 Å². The van der Waals surface area contributed by atoms with Gasteiger partial charge in [0.2, 0.25) is 10.0 Å². The van der Waals surface area contributed by atoms with Gasteiger partial charge in [-0.15, -0.1) is 0 Å². The number of nitrogens with one attached hydrogen (secondary N) is 1. The molecule has 82 valence electrons. The third-order valence-corrected chi connectivity index (χ3v) is 3.54. The van der Waals surface area contributed by atoms with Gasteiger partial charge >= 0.3 is 6.03 Å². The molecule has 1 fully saturated rings. The van der Waals surface area contributed by atoms with Gasteiger partial charge < -0.3 is 10.2 Å². The highest BCUT2D eigenvalue weighted by molar-refractivity contribution is 7.89. The van der Waals surface area contributed by atoms with E-state index in [0.29, 0.717) is 19.5 Å². The third kappa shape index (κ3) is 2.58. The summed E-state index contributed by atoms with van der Waals surface area (Å²) in [6.07, 6.45) is 0.427. The van der Waals surface area contributed by atoms with Crippen molar-refractivity contribution in [2.45, 2.75) is 18.6 Å². The van der Waals surface area contributed by atoms with Crippen LogP contribution in [0.3, 0.4) is 0 Å². The molecule has 3 N–H and O–H groups in total. The Labute approximate surface area is 83.5 Å². The Morgan fingerprint density at radius 1 is 1.64 bits per heavy atom. The van der Waals surface area contributed by atoms with Gasteiger partial charge in [-0.25, -0.2) is 18.4 Å². The minimum absolute atomic E-state index is 0.199. The lowest BCUT2D eigenvalue weighted by Crippen LogP contribution is -2.40. The number of carbonyl (C=O) groups is 1. The lowest BCUT2D eigenvalue weighted by molar-refractivity contribution is 0.209. The molecule has 14 heavy (non-hydrogen) atoms. The van der Waals surface area contributed by atoms with E-state index >= 15 is 0 Å². The van der Waals surface area contributed by atoms with Gasteiger partial charge in [0.15, 0.2) is 0 Å². The highest BCUT2D eigenvalue weighted by atomic mass is 32.2. The first-order valence-electron chi connectivity index (χ1n) is 4.49. The molecular weight excluding hydrogens is 206 g/mol. The molecule has 1 aliphatic heterocycles. The second-order valence-corrected chi connectivity index (χ2v) is 5.13. The van der Waals surface area contributed by atoms with Crippen molar-refractivity contribution in [3.8, 4) is 0 Å². The van der Waals surface area contributed by atoms with Gasteiger partial charge in [0.05, 0.1) is 5.25 Å². The molecule has 0 aliphatic carbocycles. The Hall–Kier alpha value is -0.820. The van der Waals surface area contributed by atoms with Gasteiger partial charge in [-0.3, -0.25) is 0 Å². The molecule has 1 atom stereocenters. The Morgan fingerprint density at radius 3 is 2.71 bits per heavy atom. The number of amides is 2. The van der Waals surface area contributed by atoms with Gasteiger partial charge in [-0.05, 0) is 13.3 Å². The molecule has 1 aliphatic rings. The Bertz CT molecular complexity index is 314. The van der Waals surface area contributed by atoms with E-state index in [1.54, 1.807) is 0 Å². The van der Waals surface area contributed by atoms with Crippen LogP contribution in [0.2, 0.25) is 0 Å². The van der Waals surface area contributed by atoms with E-state index in [9.17, 15) is 13.2 Å². The second kappa shape index (κ2) is 4.14. The van der Waals surface area contributed by atoms with Crippen molar-refractivity contribution in [2.24, 2.45) is 5.14 Å². The summed E-state index contributed by atoms with van der Waals surface area (Å²) in [5, 5.41) is 7.00. The largest absolute Gasteiger partial charge is 0.338 e.